The van der Waals surface area contributed by atoms with Crippen molar-refractivity contribution in [2.75, 3.05) is 55.7 Å². The summed E-state index contributed by atoms with van der Waals surface area (Å²) in [5.41, 5.74) is 1.36. The molecule has 0 aliphatic carbocycles. The molecule has 182 valence electrons. The van der Waals surface area contributed by atoms with Gasteiger partial charge in [-0.1, -0.05) is 0 Å². The molecule has 0 N–H and O–H groups in total. The molecule has 2 aromatic rings. The maximum Gasteiger partial charge on any atom is 0.416 e. The van der Waals surface area contributed by atoms with Crippen molar-refractivity contribution in [3.05, 3.63) is 46.6 Å². The first-order chi connectivity index (χ1) is 16.4. The third kappa shape index (κ3) is 4.68. The average molecular weight is 476 g/mol. The standard InChI is InChI=1S/C24H28F3N5O2/c25-24(26,27)18-6-4-17(5-7-18)22(33)32-11-8-20-19(16-32)21(30-12-14-34-15-13-30)29-23(28-20)31-9-2-1-3-10-31/h4-7H,1-3,8-16H2. The number of halogens is 3. The average Bonchev–Trinajstić information content (AvgIpc) is 2.88. The lowest BCUT2D eigenvalue weighted by Gasteiger charge is -2.36. The number of hydrogen-bond donors (Lipinski definition) is 0. The van der Waals surface area contributed by atoms with E-state index in [1.165, 1.54) is 18.6 Å². The normalized spacial score (nSPS) is 19.2. The molecule has 7 nitrogen and oxygen atoms in total. The molecule has 1 aromatic carbocycles. The number of alkyl halides is 3. The summed E-state index contributed by atoms with van der Waals surface area (Å²) in [6.45, 7) is 5.36. The zero-order valence-corrected chi connectivity index (χ0v) is 19.0. The molecule has 2 saturated heterocycles. The maximum absolute atomic E-state index is 13.1. The fourth-order valence-electron chi connectivity index (χ4n) is 4.81. The van der Waals surface area contributed by atoms with Gasteiger partial charge in [0.1, 0.15) is 5.82 Å². The van der Waals surface area contributed by atoms with Gasteiger partial charge in [-0.3, -0.25) is 4.79 Å². The third-order valence-corrected chi connectivity index (χ3v) is 6.72. The van der Waals surface area contributed by atoms with E-state index in [1.807, 2.05) is 0 Å². The van der Waals surface area contributed by atoms with Crippen LogP contribution >= 0.6 is 0 Å². The van der Waals surface area contributed by atoms with Crippen molar-refractivity contribution in [1.82, 2.24) is 14.9 Å². The van der Waals surface area contributed by atoms with Gasteiger partial charge in [-0.15, -0.1) is 0 Å². The molecule has 34 heavy (non-hydrogen) atoms. The molecular formula is C24H28F3N5O2. The van der Waals surface area contributed by atoms with Crippen LogP contribution in [0.3, 0.4) is 0 Å². The van der Waals surface area contributed by atoms with Crippen molar-refractivity contribution in [3.63, 3.8) is 0 Å². The van der Waals surface area contributed by atoms with Crippen LogP contribution in [0.1, 0.15) is 46.4 Å². The molecule has 0 atom stereocenters. The molecule has 3 aliphatic heterocycles. The van der Waals surface area contributed by atoms with Gasteiger partial charge in [-0.05, 0) is 43.5 Å². The minimum Gasteiger partial charge on any atom is -0.378 e. The Bertz CT molecular complexity index is 1030. The summed E-state index contributed by atoms with van der Waals surface area (Å²) in [5.74, 6) is 1.31. The lowest BCUT2D eigenvalue weighted by atomic mass is 10.0. The van der Waals surface area contributed by atoms with E-state index in [0.717, 1.165) is 74.2 Å². The van der Waals surface area contributed by atoms with Crippen LogP contribution in [0.15, 0.2) is 24.3 Å². The summed E-state index contributed by atoms with van der Waals surface area (Å²) in [7, 11) is 0. The number of fused-ring (bicyclic) bond motifs is 1. The monoisotopic (exact) mass is 475 g/mol. The highest BCUT2D eigenvalue weighted by Gasteiger charge is 2.32. The van der Waals surface area contributed by atoms with Crippen LogP contribution in [0.25, 0.3) is 0 Å². The summed E-state index contributed by atoms with van der Waals surface area (Å²) in [4.78, 5) is 29.1. The highest BCUT2D eigenvalue weighted by Crippen LogP contribution is 2.32. The van der Waals surface area contributed by atoms with Crippen molar-refractivity contribution in [1.29, 1.82) is 0 Å². The summed E-state index contributed by atoms with van der Waals surface area (Å²) in [6, 6.07) is 4.41. The van der Waals surface area contributed by atoms with Gasteiger partial charge >= 0.3 is 6.18 Å². The first-order valence-electron chi connectivity index (χ1n) is 11.8. The Hall–Kier alpha value is -2.88. The number of aromatic nitrogens is 2. The maximum atomic E-state index is 13.1. The highest BCUT2D eigenvalue weighted by atomic mass is 19.4. The van der Waals surface area contributed by atoms with Gasteiger partial charge in [-0.2, -0.15) is 18.2 Å². The minimum absolute atomic E-state index is 0.246. The predicted octanol–water partition coefficient (Wildman–Crippen LogP) is 3.52. The minimum atomic E-state index is -4.43. The number of nitrogens with zero attached hydrogens (tertiary/aromatic N) is 5. The second kappa shape index (κ2) is 9.40. The zero-order chi connectivity index (χ0) is 23.7. The molecule has 0 spiro atoms. The summed E-state index contributed by atoms with van der Waals surface area (Å²) >= 11 is 0. The number of hydrogen-bond acceptors (Lipinski definition) is 6. The number of rotatable bonds is 3. The van der Waals surface area contributed by atoms with E-state index >= 15 is 0 Å². The van der Waals surface area contributed by atoms with E-state index in [1.54, 1.807) is 4.90 Å². The Morgan fingerprint density at radius 3 is 2.26 bits per heavy atom. The number of anilines is 2. The van der Waals surface area contributed by atoms with Gasteiger partial charge in [0.05, 0.1) is 31.0 Å². The van der Waals surface area contributed by atoms with Crippen LogP contribution in [0.4, 0.5) is 24.9 Å². The largest absolute Gasteiger partial charge is 0.416 e. The van der Waals surface area contributed by atoms with Gasteiger partial charge in [-0.25, -0.2) is 4.98 Å². The number of carbonyl (C=O) groups excluding carboxylic acids is 1. The first kappa shape index (κ1) is 22.9. The summed E-state index contributed by atoms with van der Waals surface area (Å²) in [6.07, 6.45) is -0.366. The topological polar surface area (TPSA) is 61.8 Å². The van der Waals surface area contributed by atoms with Crippen molar-refractivity contribution in [2.45, 2.75) is 38.4 Å². The zero-order valence-electron chi connectivity index (χ0n) is 19.0. The van der Waals surface area contributed by atoms with Crippen LogP contribution in [-0.4, -0.2) is 66.7 Å². The molecule has 1 aromatic heterocycles. The first-order valence-corrected chi connectivity index (χ1v) is 11.8. The van der Waals surface area contributed by atoms with Gasteiger partial charge < -0.3 is 19.4 Å². The lowest BCUT2D eigenvalue weighted by molar-refractivity contribution is -0.137. The van der Waals surface area contributed by atoms with Crippen molar-refractivity contribution < 1.29 is 22.7 Å². The summed E-state index contributed by atoms with van der Waals surface area (Å²) < 4.78 is 44.2. The van der Waals surface area contributed by atoms with E-state index in [4.69, 9.17) is 14.7 Å². The van der Waals surface area contributed by atoms with Crippen molar-refractivity contribution in [2.24, 2.45) is 0 Å². The fraction of sp³-hybridized carbons (Fsp3) is 0.542. The Labute approximate surface area is 196 Å². The quantitative estimate of drug-likeness (QED) is 0.677. The number of piperidine rings is 1. The van der Waals surface area contributed by atoms with Crippen LogP contribution in [0, 0.1) is 0 Å². The fourth-order valence-corrected chi connectivity index (χ4v) is 4.81. The number of amides is 1. The van der Waals surface area contributed by atoms with E-state index in [-0.39, 0.29) is 11.5 Å². The molecule has 0 saturated carbocycles. The van der Waals surface area contributed by atoms with E-state index in [9.17, 15) is 18.0 Å². The lowest BCUT2D eigenvalue weighted by Crippen LogP contribution is -2.42. The van der Waals surface area contributed by atoms with Gasteiger partial charge in [0.25, 0.3) is 5.91 Å². The van der Waals surface area contributed by atoms with Crippen molar-refractivity contribution >= 4 is 17.7 Å². The predicted molar refractivity (Wildman–Crippen MR) is 121 cm³/mol. The van der Waals surface area contributed by atoms with E-state index < -0.39 is 11.7 Å². The summed E-state index contributed by atoms with van der Waals surface area (Å²) in [5, 5.41) is 0. The molecule has 4 heterocycles. The van der Waals surface area contributed by atoms with E-state index in [2.05, 4.69) is 9.80 Å². The Morgan fingerprint density at radius 2 is 1.59 bits per heavy atom. The Kier molecular flexibility index (Phi) is 6.33. The van der Waals surface area contributed by atoms with E-state index in [0.29, 0.717) is 32.7 Å². The van der Waals surface area contributed by atoms with Crippen molar-refractivity contribution in [3.8, 4) is 0 Å². The molecule has 2 fully saturated rings. The van der Waals surface area contributed by atoms with Crippen LogP contribution in [-0.2, 0) is 23.9 Å². The second-order valence-electron chi connectivity index (χ2n) is 8.97. The molecule has 0 bridgehead atoms. The smallest absolute Gasteiger partial charge is 0.378 e. The molecule has 0 unspecified atom stereocenters. The Morgan fingerprint density at radius 1 is 0.882 bits per heavy atom. The van der Waals surface area contributed by atoms with Gasteiger partial charge in [0.15, 0.2) is 0 Å². The van der Waals surface area contributed by atoms with Crippen LogP contribution in [0.5, 0.6) is 0 Å². The van der Waals surface area contributed by atoms with Crippen LogP contribution in [0.2, 0.25) is 0 Å². The number of ether oxygens (including phenoxy) is 1. The van der Waals surface area contributed by atoms with Gasteiger partial charge in [0.2, 0.25) is 5.95 Å². The Balaban J connectivity index is 1.42. The second-order valence-corrected chi connectivity index (χ2v) is 8.97. The van der Waals surface area contributed by atoms with Gasteiger partial charge in [0, 0.05) is 50.3 Å². The number of morpholine rings is 1. The molecule has 1 amide bonds. The van der Waals surface area contributed by atoms with Crippen LogP contribution < -0.4 is 9.80 Å². The number of benzene rings is 1. The molecule has 5 rings (SSSR count). The SMILES string of the molecule is O=C(c1ccc(C(F)(F)F)cc1)N1CCc2nc(N3CCCCC3)nc(N3CCOCC3)c2C1. The number of carbonyl (C=O) groups is 1. The third-order valence-electron chi connectivity index (χ3n) is 6.72. The molecule has 3 aliphatic rings. The molecule has 0 radical (unpaired) electrons. The highest BCUT2D eigenvalue weighted by molar-refractivity contribution is 5.94. The molecular weight excluding hydrogens is 447 g/mol. The molecule has 10 heteroatoms.